The van der Waals surface area contributed by atoms with Crippen LogP contribution in [0.5, 0.6) is 0 Å². The van der Waals surface area contributed by atoms with Gasteiger partial charge in [-0.15, -0.1) is 0 Å². The second-order valence-corrected chi connectivity index (χ2v) is 4.85. The molecule has 1 heterocycles. The predicted molar refractivity (Wildman–Crippen MR) is 73.7 cm³/mol. The maximum atomic E-state index is 12.4. The lowest BCUT2D eigenvalue weighted by Crippen LogP contribution is -2.14. The number of carbonyl (C=O) groups is 1. The summed E-state index contributed by atoms with van der Waals surface area (Å²) in [6.45, 7) is 0. The Balaban J connectivity index is 2.17. The Morgan fingerprint density at radius 2 is 1.86 bits per heavy atom. The zero-order valence-electron chi connectivity index (χ0n) is 10.2. The lowest BCUT2D eigenvalue weighted by Gasteiger charge is -2.09. The quantitative estimate of drug-likeness (QED) is 0.867. The summed E-state index contributed by atoms with van der Waals surface area (Å²) in [5.41, 5.74) is -0.788. The minimum atomic E-state index is -4.55. The molecule has 3 nitrogen and oxygen atoms in total. The Labute approximate surface area is 127 Å². The fourth-order valence-corrected chi connectivity index (χ4v) is 1.94. The van der Waals surface area contributed by atoms with E-state index in [9.17, 15) is 18.0 Å². The first-order valence-electron chi connectivity index (χ1n) is 5.57. The van der Waals surface area contributed by atoms with Crippen LogP contribution in [0, 0.1) is 0 Å². The average Bonchev–Trinajstić information content (AvgIpc) is 2.41. The van der Waals surface area contributed by atoms with Crippen LogP contribution in [-0.4, -0.2) is 10.9 Å². The molecule has 0 fully saturated rings. The van der Waals surface area contributed by atoms with Gasteiger partial charge in [0.2, 0.25) is 0 Å². The molecule has 0 aliphatic carbocycles. The second kappa shape index (κ2) is 5.91. The monoisotopic (exact) mass is 334 g/mol. The summed E-state index contributed by atoms with van der Waals surface area (Å²) in [6, 6.07) is 6.21. The van der Waals surface area contributed by atoms with Crippen molar-refractivity contribution in [1.29, 1.82) is 0 Å². The summed E-state index contributed by atoms with van der Waals surface area (Å²) in [5.74, 6) is -0.625. The standard InChI is InChI=1S/C13H7Cl2F3N2O/c14-8-2-3-10(9(15)5-8)20-12(21)7-1-4-11(19-6-7)13(16,17)18/h1-6H,(H,20,21). The van der Waals surface area contributed by atoms with Crippen molar-refractivity contribution in [2.45, 2.75) is 6.18 Å². The molecule has 0 atom stereocenters. The van der Waals surface area contributed by atoms with Crippen molar-refractivity contribution < 1.29 is 18.0 Å². The molecule has 2 aromatic rings. The molecular weight excluding hydrogens is 328 g/mol. The van der Waals surface area contributed by atoms with Gasteiger partial charge >= 0.3 is 6.18 Å². The maximum Gasteiger partial charge on any atom is 0.433 e. The number of halogens is 5. The average molecular weight is 335 g/mol. The molecule has 21 heavy (non-hydrogen) atoms. The SMILES string of the molecule is O=C(Nc1ccc(Cl)cc1Cl)c1ccc(C(F)(F)F)nc1. The zero-order valence-corrected chi connectivity index (χ0v) is 11.7. The van der Waals surface area contributed by atoms with Crippen LogP contribution in [0.25, 0.3) is 0 Å². The molecule has 1 amide bonds. The van der Waals surface area contributed by atoms with E-state index in [0.29, 0.717) is 10.7 Å². The number of pyridine rings is 1. The largest absolute Gasteiger partial charge is 0.433 e. The maximum absolute atomic E-state index is 12.4. The van der Waals surface area contributed by atoms with E-state index in [4.69, 9.17) is 23.2 Å². The van der Waals surface area contributed by atoms with E-state index in [-0.39, 0.29) is 10.6 Å². The molecule has 0 aliphatic rings. The number of hydrogen-bond donors (Lipinski definition) is 1. The fourth-order valence-electron chi connectivity index (χ4n) is 1.48. The minimum absolute atomic E-state index is 0.0194. The molecule has 1 aromatic heterocycles. The smallest absolute Gasteiger partial charge is 0.321 e. The van der Waals surface area contributed by atoms with E-state index < -0.39 is 17.8 Å². The van der Waals surface area contributed by atoms with Crippen LogP contribution >= 0.6 is 23.2 Å². The summed E-state index contributed by atoms with van der Waals surface area (Å²) < 4.78 is 37.1. The van der Waals surface area contributed by atoms with Crippen LogP contribution in [-0.2, 0) is 6.18 Å². The van der Waals surface area contributed by atoms with Gasteiger partial charge in [-0.05, 0) is 30.3 Å². The molecule has 2 rings (SSSR count). The van der Waals surface area contributed by atoms with Crippen molar-refractivity contribution in [2.75, 3.05) is 5.32 Å². The Kier molecular flexibility index (Phi) is 4.39. The number of nitrogens with zero attached hydrogens (tertiary/aromatic N) is 1. The summed E-state index contributed by atoms with van der Waals surface area (Å²) in [5, 5.41) is 3.08. The van der Waals surface area contributed by atoms with Gasteiger partial charge in [-0.3, -0.25) is 9.78 Å². The van der Waals surface area contributed by atoms with Crippen LogP contribution in [0.3, 0.4) is 0 Å². The Hall–Kier alpha value is -1.79. The molecule has 110 valence electrons. The summed E-state index contributed by atoms with van der Waals surface area (Å²) in [4.78, 5) is 15.1. The van der Waals surface area contributed by atoms with Crippen LogP contribution in [0.15, 0.2) is 36.5 Å². The lowest BCUT2D eigenvalue weighted by molar-refractivity contribution is -0.141. The molecule has 1 N–H and O–H groups in total. The number of aromatic nitrogens is 1. The van der Waals surface area contributed by atoms with Gasteiger partial charge in [0.1, 0.15) is 5.69 Å². The van der Waals surface area contributed by atoms with Crippen molar-refractivity contribution in [1.82, 2.24) is 4.98 Å². The molecule has 1 aromatic carbocycles. The van der Waals surface area contributed by atoms with E-state index in [1.54, 1.807) is 0 Å². The number of rotatable bonds is 2. The third-order valence-corrected chi connectivity index (χ3v) is 3.04. The van der Waals surface area contributed by atoms with Gasteiger partial charge in [0.25, 0.3) is 5.91 Å². The van der Waals surface area contributed by atoms with E-state index in [0.717, 1.165) is 18.3 Å². The molecule has 0 aliphatic heterocycles. The Morgan fingerprint density at radius 1 is 1.14 bits per heavy atom. The van der Waals surface area contributed by atoms with Crippen molar-refractivity contribution in [2.24, 2.45) is 0 Å². The van der Waals surface area contributed by atoms with Gasteiger partial charge in [0.15, 0.2) is 0 Å². The van der Waals surface area contributed by atoms with Crippen LogP contribution < -0.4 is 5.32 Å². The van der Waals surface area contributed by atoms with Gasteiger partial charge < -0.3 is 5.32 Å². The normalized spacial score (nSPS) is 11.3. The molecule has 0 saturated heterocycles. The molecule has 0 bridgehead atoms. The van der Waals surface area contributed by atoms with Crippen LogP contribution in [0.1, 0.15) is 16.1 Å². The summed E-state index contributed by atoms with van der Waals surface area (Å²) in [7, 11) is 0. The molecule has 0 saturated carbocycles. The number of nitrogens with one attached hydrogen (secondary N) is 1. The van der Waals surface area contributed by atoms with Crippen molar-refractivity contribution in [3.05, 3.63) is 57.8 Å². The molecule has 8 heteroatoms. The third kappa shape index (κ3) is 3.86. The first-order valence-corrected chi connectivity index (χ1v) is 6.32. The van der Waals surface area contributed by atoms with Gasteiger partial charge in [-0.25, -0.2) is 0 Å². The first kappa shape index (κ1) is 15.6. The highest BCUT2D eigenvalue weighted by atomic mass is 35.5. The van der Waals surface area contributed by atoms with Crippen LogP contribution in [0.2, 0.25) is 10.0 Å². The van der Waals surface area contributed by atoms with E-state index in [1.807, 2.05) is 0 Å². The molecule has 0 unspecified atom stereocenters. The predicted octanol–water partition coefficient (Wildman–Crippen LogP) is 4.66. The third-order valence-electron chi connectivity index (χ3n) is 2.50. The lowest BCUT2D eigenvalue weighted by atomic mass is 10.2. The summed E-state index contributed by atoms with van der Waals surface area (Å²) >= 11 is 11.6. The highest BCUT2D eigenvalue weighted by molar-refractivity contribution is 6.36. The highest BCUT2D eigenvalue weighted by Gasteiger charge is 2.32. The van der Waals surface area contributed by atoms with Gasteiger partial charge in [0, 0.05) is 11.2 Å². The number of alkyl halides is 3. The first-order chi connectivity index (χ1) is 9.77. The van der Waals surface area contributed by atoms with Crippen molar-refractivity contribution in [3.63, 3.8) is 0 Å². The van der Waals surface area contributed by atoms with Crippen LogP contribution in [0.4, 0.5) is 18.9 Å². The Morgan fingerprint density at radius 3 is 2.38 bits per heavy atom. The highest BCUT2D eigenvalue weighted by Crippen LogP contribution is 2.28. The summed E-state index contributed by atoms with van der Waals surface area (Å²) in [6.07, 6.45) is -3.70. The van der Waals surface area contributed by atoms with Gasteiger partial charge in [-0.1, -0.05) is 23.2 Å². The van der Waals surface area contributed by atoms with Gasteiger partial charge in [0.05, 0.1) is 16.3 Å². The second-order valence-electron chi connectivity index (χ2n) is 4.01. The number of benzene rings is 1. The fraction of sp³-hybridized carbons (Fsp3) is 0.0769. The molecule has 0 spiro atoms. The molecule has 0 radical (unpaired) electrons. The van der Waals surface area contributed by atoms with Gasteiger partial charge in [-0.2, -0.15) is 13.2 Å². The zero-order chi connectivity index (χ0) is 15.6. The minimum Gasteiger partial charge on any atom is -0.321 e. The number of carbonyl (C=O) groups excluding carboxylic acids is 1. The van der Waals surface area contributed by atoms with E-state index in [2.05, 4.69) is 10.3 Å². The molecular formula is C13H7Cl2F3N2O. The number of hydrogen-bond acceptors (Lipinski definition) is 2. The van der Waals surface area contributed by atoms with Crippen molar-refractivity contribution in [3.8, 4) is 0 Å². The van der Waals surface area contributed by atoms with Crippen molar-refractivity contribution >= 4 is 34.8 Å². The van der Waals surface area contributed by atoms with E-state index in [1.165, 1.54) is 18.2 Å². The van der Waals surface area contributed by atoms with E-state index >= 15 is 0 Å². The Bertz CT molecular complexity index is 672. The topological polar surface area (TPSA) is 42.0 Å². The number of amides is 1. The number of anilines is 1.